The number of piperidine rings is 1. The average Bonchev–Trinajstić information content (AvgIpc) is 3.09. The number of thiazole rings is 1. The maximum Gasteiger partial charge on any atom is 0.236 e. The van der Waals surface area contributed by atoms with E-state index in [1.807, 2.05) is 10.3 Å². The minimum absolute atomic E-state index is 0.116. The van der Waals surface area contributed by atoms with Crippen LogP contribution in [0, 0.1) is 20.8 Å². The van der Waals surface area contributed by atoms with Crippen molar-refractivity contribution in [1.82, 2.24) is 9.88 Å². The van der Waals surface area contributed by atoms with Gasteiger partial charge >= 0.3 is 0 Å². The minimum Gasteiger partial charge on any atom is -0.342 e. The maximum atomic E-state index is 12.2. The molecule has 0 radical (unpaired) electrons. The highest BCUT2D eigenvalue weighted by molar-refractivity contribution is 8.00. The van der Waals surface area contributed by atoms with Gasteiger partial charge in [-0.2, -0.15) is 0 Å². The fourth-order valence-electron chi connectivity index (χ4n) is 3.65. The van der Waals surface area contributed by atoms with Crippen LogP contribution in [-0.4, -0.2) is 46.3 Å². The molecule has 3 rings (SSSR count). The third-order valence-electron chi connectivity index (χ3n) is 4.85. The highest BCUT2D eigenvalue weighted by Crippen LogP contribution is 2.31. The van der Waals surface area contributed by atoms with Gasteiger partial charge in [0.05, 0.1) is 17.2 Å². The molecule has 0 aliphatic carbocycles. The number of likely N-dealkylation sites (tertiary alicyclic amines) is 1. The van der Waals surface area contributed by atoms with Crippen molar-refractivity contribution in [3.63, 3.8) is 0 Å². The lowest BCUT2D eigenvalue weighted by Gasteiger charge is -2.26. The number of aromatic nitrogens is 1. The molecular formula is C21H27N3O2S2. The molecule has 0 atom stereocenters. The van der Waals surface area contributed by atoms with E-state index >= 15 is 0 Å². The molecule has 1 aromatic heterocycles. The van der Waals surface area contributed by atoms with Crippen LogP contribution in [0.5, 0.6) is 0 Å². The van der Waals surface area contributed by atoms with Crippen LogP contribution in [0.25, 0.3) is 11.3 Å². The molecule has 1 saturated heterocycles. The van der Waals surface area contributed by atoms with Gasteiger partial charge in [0.25, 0.3) is 0 Å². The quantitative estimate of drug-likeness (QED) is 0.756. The van der Waals surface area contributed by atoms with Crippen LogP contribution in [0.3, 0.4) is 0 Å². The van der Waals surface area contributed by atoms with Crippen LogP contribution in [0.2, 0.25) is 0 Å². The van der Waals surface area contributed by atoms with Crippen LogP contribution in [0.15, 0.2) is 17.5 Å². The molecule has 1 aliphatic rings. The molecular weight excluding hydrogens is 390 g/mol. The summed E-state index contributed by atoms with van der Waals surface area (Å²) in [5, 5.41) is 5.44. The first-order valence-corrected chi connectivity index (χ1v) is 11.7. The molecule has 0 spiro atoms. The number of thioether (sulfide) groups is 1. The number of benzene rings is 1. The zero-order valence-corrected chi connectivity index (χ0v) is 18.3. The fourth-order valence-corrected chi connectivity index (χ4v) is 5.09. The van der Waals surface area contributed by atoms with Gasteiger partial charge in [-0.05, 0) is 51.2 Å². The van der Waals surface area contributed by atoms with Gasteiger partial charge in [0, 0.05) is 24.0 Å². The number of amides is 2. The van der Waals surface area contributed by atoms with Crippen molar-refractivity contribution in [3.8, 4) is 11.3 Å². The molecule has 28 heavy (non-hydrogen) atoms. The Morgan fingerprint density at radius 3 is 2.46 bits per heavy atom. The van der Waals surface area contributed by atoms with E-state index in [4.69, 9.17) is 0 Å². The van der Waals surface area contributed by atoms with Crippen molar-refractivity contribution in [1.29, 1.82) is 0 Å². The Morgan fingerprint density at radius 1 is 1.11 bits per heavy atom. The molecule has 2 aromatic rings. The zero-order chi connectivity index (χ0) is 20.1. The third-order valence-corrected chi connectivity index (χ3v) is 6.53. The Hall–Kier alpha value is -1.86. The van der Waals surface area contributed by atoms with E-state index in [0.29, 0.717) is 10.9 Å². The molecule has 7 heteroatoms. The third kappa shape index (κ3) is 5.35. The molecule has 1 N–H and O–H groups in total. The first-order chi connectivity index (χ1) is 13.4. The highest BCUT2D eigenvalue weighted by Gasteiger charge is 2.17. The first-order valence-electron chi connectivity index (χ1n) is 9.63. The Bertz CT molecular complexity index is 834. The highest BCUT2D eigenvalue weighted by atomic mass is 32.2. The summed E-state index contributed by atoms with van der Waals surface area (Å²) in [6.07, 6.45) is 3.38. The summed E-state index contributed by atoms with van der Waals surface area (Å²) < 4.78 is 0. The van der Waals surface area contributed by atoms with E-state index < -0.39 is 0 Å². The van der Waals surface area contributed by atoms with Gasteiger partial charge in [0.2, 0.25) is 11.8 Å². The number of rotatable bonds is 6. The second kappa shape index (κ2) is 9.56. The summed E-state index contributed by atoms with van der Waals surface area (Å²) in [5.74, 6) is 0.643. The van der Waals surface area contributed by atoms with E-state index in [2.05, 4.69) is 43.2 Å². The molecule has 5 nitrogen and oxygen atoms in total. The molecule has 2 amide bonds. The summed E-state index contributed by atoms with van der Waals surface area (Å²) >= 11 is 2.79. The Morgan fingerprint density at radius 2 is 1.79 bits per heavy atom. The van der Waals surface area contributed by atoms with E-state index in [1.165, 1.54) is 46.2 Å². The van der Waals surface area contributed by atoms with Crippen molar-refractivity contribution in [2.24, 2.45) is 0 Å². The number of carbonyl (C=O) groups is 2. The molecule has 150 valence electrons. The van der Waals surface area contributed by atoms with Crippen molar-refractivity contribution < 1.29 is 9.59 Å². The van der Waals surface area contributed by atoms with E-state index in [9.17, 15) is 9.59 Å². The van der Waals surface area contributed by atoms with E-state index in [1.54, 1.807) is 0 Å². The van der Waals surface area contributed by atoms with Gasteiger partial charge in [-0.3, -0.25) is 9.59 Å². The fraction of sp³-hybridized carbons (Fsp3) is 0.476. The number of aryl methyl sites for hydroxylation is 3. The lowest BCUT2D eigenvalue weighted by molar-refractivity contribution is -0.129. The number of anilines is 1. The SMILES string of the molecule is Cc1cc(C)c(-c2csc(NC(=O)CSCC(=O)N3CCCCC3)n2)c(C)c1. The van der Waals surface area contributed by atoms with Gasteiger partial charge in [0.1, 0.15) is 0 Å². The molecule has 0 unspecified atom stereocenters. The smallest absolute Gasteiger partial charge is 0.236 e. The van der Waals surface area contributed by atoms with E-state index in [0.717, 1.165) is 37.2 Å². The monoisotopic (exact) mass is 417 g/mol. The van der Waals surface area contributed by atoms with Crippen LogP contribution in [-0.2, 0) is 9.59 Å². The lowest BCUT2D eigenvalue weighted by atomic mass is 9.98. The van der Waals surface area contributed by atoms with Crippen LogP contribution in [0.1, 0.15) is 36.0 Å². The van der Waals surface area contributed by atoms with Crippen molar-refractivity contribution in [3.05, 3.63) is 34.2 Å². The maximum absolute atomic E-state index is 12.2. The van der Waals surface area contributed by atoms with Gasteiger partial charge < -0.3 is 10.2 Å². The van der Waals surface area contributed by atoms with Gasteiger partial charge in [0.15, 0.2) is 5.13 Å². The van der Waals surface area contributed by atoms with Crippen LogP contribution in [0.4, 0.5) is 5.13 Å². The van der Waals surface area contributed by atoms with Gasteiger partial charge in [-0.25, -0.2) is 4.98 Å². The summed E-state index contributed by atoms with van der Waals surface area (Å²) in [5.41, 5.74) is 5.63. The molecule has 0 saturated carbocycles. The second-order valence-corrected chi connectivity index (χ2v) is 9.14. The number of carbonyl (C=O) groups excluding carboxylic acids is 2. The van der Waals surface area contributed by atoms with Crippen molar-refractivity contribution >= 4 is 40.0 Å². The normalized spacial score (nSPS) is 14.2. The standard InChI is InChI=1S/C21H27N3O2S2/c1-14-9-15(2)20(16(3)10-14)17-11-28-21(22-17)23-18(25)12-27-13-19(26)24-7-5-4-6-8-24/h9-11H,4-8,12-13H2,1-3H3,(H,22,23,25). The Labute approximate surface area is 174 Å². The first kappa shape index (κ1) is 20.9. The van der Waals surface area contributed by atoms with Gasteiger partial charge in [-0.15, -0.1) is 23.1 Å². The predicted octanol–water partition coefficient (Wildman–Crippen LogP) is 4.42. The van der Waals surface area contributed by atoms with Gasteiger partial charge in [-0.1, -0.05) is 17.7 Å². The minimum atomic E-state index is -0.116. The zero-order valence-electron chi connectivity index (χ0n) is 16.7. The van der Waals surface area contributed by atoms with Crippen LogP contribution >= 0.6 is 23.1 Å². The molecule has 0 bridgehead atoms. The van der Waals surface area contributed by atoms with E-state index in [-0.39, 0.29) is 17.6 Å². The topological polar surface area (TPSA) is 62.3 Å². The number of hydrogen-bond acceptors (Lipinski definition) is 5. The molecule has 1 aromatic carbocycles. The average molecular weight is 418 g/mol. The largest absolute Gasteiger partial charge is 0.342 e. The molecule has 1 fully saturated rings. The summed E-state index contributed by atoms with van der Waals surface area (Å²) in [6.45, 7) is 7.96. The lowest BCUT2D eigenvalue weighted by Crippen LogP contribution is -2.37. The number of hydrogen-bond donors (Lipinski definition) is 1. The van der Waals surface area contributed by atoms with Crippen molar-refractivity contribution in [2.45, 2.75) is 40.0 Å². The Kier molecular flexibility index (Phi) is 7.13. The van der Waals surface area contributed by atoms with Crippen molar-refractivity contribution in [2.75, 3.05) is 29.9 Å². The number of nitrogens with one attached hydrogen (secondary N) is 1. The Balaban J connectivity index is 1.51. The predicted molar refractivity (Wildman–Crippen MR) is 118 cm³/mol. The molecule has 1 aliphatic heterocycles. The second-order valence-electron chi connectivity index (χ2n) is 7.29. The summed E-state index contributed by atoms with van der Waals surface area (Å²) in [4.78, 5) is 30.9. The summed E-state index contributed by atoms with van der Waals surface area (Å²) in [7, 11) is 0. The number of nitrogens with zero attached hydrogens (tertiary/aromatic N) is 2. The summed E-state index contributed by atoms with van der Waals surface area (Å²) in [6, 6.07) is 4.30. The van der Waals surface area contributed by atoms with Crippen LogP contribution < -0.4 is 5.32 Å². The molecule has 2 heterocycles.